The van der Waals surface area contributed by atoms with E-state index in [1.165, 1.54) is 18.2 Å². The molecule has 0 bridgehead atoms. The average molecular weight is 269 g/mol. The van der Waals surface area contributed by atoms with Crippen LogP contribution in [0.1, 0.15) is 22.8 Å². The molecule has 0 fully saturated rings. The van der Waals surface area contributed by atoms with E-state index in [1.807, 2.05) is 0 Å². The molecule has 0 spiro atoms. The predicted molar refractivity (Wildman–Crippen MR) is 60.7 cm³/mol. The van der Waals surface area contributed by atoms with E-state index in [9.17, 15) is 19.7 Å². The van der Waals surface area contributed by atoms with E-state index in [0.29, 0.717) is 0 Å². The number of benzene rings is 1. The standard InChI is InChI=1S/C11H11NO7/c1-7(13)18-10(19-12(16)17)6-8-4-2-3-5-9(8)11(14)15/h2-5,10H,6H2,1H3,(H,14,15). The minimum absolute atomic E-state index is 0.0356. The molecular formula is C11H11NO7. The molecule has 1 rings (SSSR count). The number of carboxylic acid groups (broad SMARTS) is 1. The van der Waals surface area contributed by atoms with Crippen molar-refractivity contribution < 1.29 is 29.4 Å². The molecule has 1 aromatic carbocycles. The third-order valence-electron chi connectivity index (χ3n) is 2.14. The fourth-order valence-electron chi connectivity index (χ4n) is 1.47. The molecule has 102 valence electrons. The van der Waals surface area contributed by atoms with E-state index in [2.05, 4.69) is 9.57 Å². The summed E-state index contributed by atoms with van der Waals surface area (Å²) in [6.07, 6.45) is -1.71. The summed E-state index contributed by atoms with van der Waals surface area (Å²) in [4.78, 5) is 36.2. The fraction of sp³-hybridized carbons (Fsp3) is 0.273. The Balaban J connectivity index is 2.92. The van der Waals surface area contributed by atoms with E-state index in [4.69, 9.17) is 5.11 Å². The van der Waals surface area contributed by atoms with Gasteiger partial charge in [0.25, 0.3) is 11.4 Å². The third kappa shape index (κ3) is 4.62. The molecular weight excluding hydrogens is 258 g/mol. The molecule has 1 aromatic rings. The number of carbonyl (C=O) groups is 2. The van der Waals surface area contributed by atoms with Crippen LogP contribution in [0.4, 0.5) is 0 Å². The van der Waals surface area contributed by atoms with Crippen LogP contribution < -0.4 is 0 Å². The number of esters is 1. The molecule has 0 amide bonds. The summed E-state index contributed by atoms with van der Waals surface area (Å²) in [7, 11) is 0. The number of hydrogen-bond acceptors (Lipinski definition) is 6. The van der Waals surface area contributed by atoms with Gasteiger partial charge < -0.3 is 9.84 Å². The average Bonchev–Trinajstić information content (AvgIpc) is 2.27. The maximum atomic E-state index is 11.0. The molecule has 0 saturated carbocycles. The Hall–Kier alpha value is -2.64. The first-order chi connectivity index (χ1) is 8.90. The molecule has 0 aliphatic carbocycles. The van der Waals surface area contributed by atoms with Crippen LogP contribution in [-0.2, 0) is 20.8 Å². The van der Waals surface area contributed by atoms with Gasteiger partial charge in [0.1, 0.15) is 0 Å². The molecule has 1 atom stereocenters. The molecule has 0 radical (unpaired) electrons. The van der Waals surface area contributed by atoms with Crippen LogP contribution in [0.2, 0.25) is 0 Å². The molecule has 0 saturated heterocycles. The van der Waals surface area contributed by atoms with E-state index >= 15 is 0 Å². The van der Waals surface area contributed by atoms with Gasteiger partial charge in [-0.1, -0.05) is 18.2 Å². The van der Waals surface area contributed by atoms with Crippen molar-refractivity contribution in [3.8, 4) is 0 Å². The molecule has 0 aromatic heterocycles. The van der Waals surface area contributed by atoms with Crippen LogP contribution in [0.15, 0.2) is 24.3 Å². The first-order valence-electron chi connectivity index (χ1n) is 5.19. The van der Waals surface area contributed by atoms with Gasteiger partial charge in [-0.25, -0.2) is 4.79 Å². The maximum Gasteiger partial charge on any atom is 0.335 e. The van der Waals surface area contributed by atoms with Gasteiger partial charge in [-0.05, 0) is 11.6 Å². The zero-order valence-corrected chi connectivity index (χ0v) is 9.94. The van der Waals surface area contributed by atoms with Gasteiger partial charge in [0.15, 0.2) is 0 Å². The molecule has 0 aliphatic heterocycles. The Morgan fingerprint density at radius 1 is 1.42 bits per heavy atom. The Bertz CT molecular complexity index is 484. The highest BCUT2D eigenvalue weighted by Gasteiger charge is 2.20. The Morgan fingerprint density at radius 3 is 2.58 bits per heavy atom. The Kier molecular flexibility index (Phi) is 4.81. The maximum absolute atomic E-state index is 11.0. The zero-order chi connectivity index (χ0) is 14.4. The minimum atomic E-state index is -1.48. The lowest BCUT2D eigenvalue weighted by molar-refractivity contribution is -0.778. The molecule has 8 heteroatoms. The molecule has 1 unspecified atom stereocenters. The lowest BCUT2D eigenvalue weighted by Crippen LogP contribution is -2.26. The number of nitrogens with zero attached hydrogens (tertiary/aromatic N) is 1. The molecule has 0 aliphatic rings. The summed E-state index contributed by atoms with van der Waals surface area (Å²) >= 11 is 0. The van der Waals surface area contributed by atoms with Crippen molar-refractivity contribution in [2.75, 3.05) is 0 Å². The molecule has 0 heterocycles. The van der Waals surface area contributed by atoms with Crippen LogP contribution in [0, 0.1) is 10.1 Å². The lowest BCUT2D eigenvalue weighted by Gasteiger charge is -2.15. The van der Waals surface area contributed by atoms with Gasteiger partial charge in [0, 0.05) is 13.3 Å². The minimum Gasteiger partial charge on any atom is -0.478 e. The number of carbonyl (C=O) groups excluding carboxylic acids is 1. The summed E-state index contributed by atoms with van der Waals surface area (Å²) in [5.74, 6) is -1.95. The first-order valence-corrected chi connectivity index (χ1v) is 5.19. The SMILES string of the molecule is CC(=O)OC(Cc1ccccc1C(=O)O)O[N+](=O)[O-]. The van der Waals surface area contributed by atoms with Crippen molar-refractivity contribution >= 4 is 11.9 Å². The van der Waals surface area contributed by atoms with Crippen molar-refractivity contribution in [2.24, 2.45) is 0 Å². The van der Waals surface area contributed by atoms with Gasteiger partial charge in [0.2, 0.25) is 0 Å². The summed E-state index contributed by atoms with van der Waals surface area (Å²) < 4.78 is 4.60. The van der Waals surface area contributed by atoms with Gasteiger partial charge >= 0.3 is 11.9 Å². The lowest BCUT2D eigenvalue weighted by atomic mass is 10.0. The number of ether oxygens (including phenoxy) is 1. The van der Waals surface area contributed by atoms with Crippen molar-refractivity contribution in [2.45, 2.75) is 19.6 Å². The summed E-state index contributed by atoms with van der Waals surface area (Å²) in [5, 5.41) is 18.1. The second kappa shape index (κ2) is 6.34. The Morgan fingerprint density at radius 2 is 2.05 bits per heavy atom. The van der Waals surface area contributed by atoms with Gasteiger partial charge in [-0.3, -0.25) is 9.63 Å². The first kappa shape index (κ1) is 14.4. The van der Waals surface area contributed by atoms with E-state index in [-0.39, 0.29) is 17.5 Å². The molecule has 8 nitrogen and oxygen atoms in total. The second-order valence-electron chi connectivity index (χ2n) is 3.53. The largest absolute Gasteiger partial charge is 0.478 e. The fourth-order valence-corrected chi connectivity index (χ4v) is 1.47. The van der Waals surface area contributed by atoms with Crippen molar-refractivity contribution in [3.63, 3.8) is 0 Å². The second-order valence-corrected chi connectivity index (χ2v) is 3.53. The normalized spacial score (nSPS) is 11.4. The Labute approximate surface area is 107 Å². The van der Waals surface area contributed by atoms with Crippen LogP contribution in [0.3, 0.4) is 0 Å². The predicted octanol–water partition coefficient (Wildman–Crippen LogP) is 1.02. The number of aromatic carboxylic acids is 1. The highest BCUT2D eigenvalue weighted by atomic mass is 17.0. The van der Waals surface area contributed by atoms with E-state index < -0.39 is 23.3 Å². The number of hydrogen-bond donors (Lipinski definition) is 1. The smallest absolute Gasteiger partial charge is 0.335 e. The van der Waals surface area contributed by atoms with Crippen LogP contribution >= 0.6 is 0 Å². The van der Waals surface area contributed by atoms with Crippen LogP contribution in [-0.4, -0.2) is 28.4 Å². The van der Waals surface area contributed by atoms with E-state index in [0.717, 1.165) is 6.92 Å². The van der Waals surface area contributed by atoms with Gasteiger partial charge in [-0.15, -0.1) is 10.1 Å². The third-order valence-corrected chi connectivity index (χ3v) is 2.14. The zero-order valence-electron chi connectivity index (χ0n) is 9.94. The molecule has 19 heavy (non-hydrogen) atoms. The van der Waals surface area contributed by atoms with Crippen LogP contribution in [0.25, 0.3) is 0 Å². The topological polar surface area (TPSA) is 116 Å². The van der Waals surface area contributed by atoms with E-state index in [1.54, 1.807) is 6.07 Å². The van der Waals surface area contributed by atoms with Crippen molar-refractivity contribution in [3.05, 3.63) is 45.5 Å². The van der Waals surface area contributed by atoms with Crippen LogP contribution in [0.5, 0.6) is 0 Å². The van der Waals surface area contributed by atoms with Gasteiger partial charge in [-0.2, -0.15) is 0 Å². The summed E-state index contributed by atoms with van der Waals surface area (Å²) in [5.41, 5.74) is 0.231. The van der Waals surface area contributed by atoms with Crippen molar-refractivity contribution in [1.29, 1.82) is 0 Å². The van der Waals surface area contributed by atoms with Crippen molar-refractivity contribution in [1.82, 2.24) is 0 Å². The monoisotopic (exact) mass is 269 g/mol. The highest BCUT2D eigenvalue weighted by Crippen LogP contribution is 2.14. The summed E-state index contributed by atoms with van der Waals surface area (Å²) in [6, 6.07) is 5.89. The quantitative estimate of drug-likeness (QED) is 0.354. The van der Waals surface area contributed by atoms with Gasteiger partial charge in [0.05, 0.1) is 5.56 Å². The number of rotatable bonds is 6. The highest BCUT2D eigenvalue weighted by molar-refractivity contribution is 5.89. The number of carboxylic acids is 1. The molecule has 1 N–H and O–H groups in total. The summed E-state index contributed by atoms with van der Waals surface area (Å²) in [6.45, 7) is 1.07.